The smallest absolute Gasteiger partial charge is 0.294 e. The van der Waals surface area contributed by atoms with E-state index in [1.165, 1.54) is 0 Å². The van der Waals surface area contributed by atoms with Gasteiger partial charge in [0.25, 0.3) is 11.9 Å². The Bertz CT molecular complexity index is 156. The highest BCUT2D eigenvalue weighted by Crippen LogP contribution is 2.02. The summed E-state index contributed by atoms with van der Waals surface area (Å²) >= 11 is 0. The van der Waals surface area contributed by atoms with E-state index in [9.17, 15) is 14.9 Å². The van der Waals surface area contributed by atoms with Gasteiger partial charge in [0, 0.05) is 17.9 Å². The minimum absolute atomic E-state index is 0.325. The molecule has 1 aliphatic rings. The van der Waals surface area contributed by atoms with Gasteiger partial charge >= 0.3 is 0 Å². The Labute approximate surface area is 51.2 Å². The van der Waals surface area contributed by atoms with Crippen molar-refractivity contribution in [3.63, 3.8) is 0 Å². The molecule has 0 spiro atoms. The molecule has 0 aromatic heterocycles. The first kappa shape index (κ1) is 6.00. The first-order chi connectivity index (χ1) is 4.22. The second-order valence-corrected chi connectivity index (χ2v) is 1.88. The summed E-state index contributed by atoms with van der Waals surface area (Å²) < 4.78 is 0. The van der Waals surface area contributed by atoms with Crippen LogP contribution in [0.25, 0.3) is 0 Å². The molecule has 5 nitrogen and oxygen atoms in total. The number of nitro groups is 1. The fraction of sp³-hybridized carbons (Fsp3) is 0.750. The first-order valence-corrected chi connectivity index (χ1v) is 2.63. The summed E-state index contributed by atoms with van der Waals surface area (Å²) in [5.41, 5.74) is 0. The molecular weight excluding hydrogens is 124 g/mol. The van der Waals surface area contributed by atoms with Crippen LogP contribution in [0, 0.1) is 10.1 Å². The lowest BCUT2D eigenvalue weighted by molar-refractivity contribution is -0.505. The van der Waals surface area contributed by atoms with Crippen molar-refractivity contribution < 1.29 is 9.72 Å². The molecular formula is C4H6N2O3. The third kappa shape index (κ3) is 0.984. The van der Waals surface area contributed by atoms with E-state index in [-0.39, 0.29) is 0 Å². The molecule has 0 saturated carbocycles. The highest BCUT2D eigenvalue weighted by atomic mass is 16.6. The van der Waals surface area contributed by atoms with Crippen molar-refractivity contribution >= 4 is 5.91 Å². The van der Waals surface area contributed by atoms with Crippen LogP contribution in [-0.4, -0.2) is 23.4 Å². The Balaban J connectivity index is 2.60. The first-order valence-electron chi connectivity index (χ1n) is 2.63. The number of nitrogens with one attached hydrogen (secondary N) is 1. The Morgan fingerprint density at radius 3 is 2.67 bits per heavy atom. The van der Waals surface area contributed by atoms with Crippen molar-refractivity contribution in [3.8, 4) is 0 Å². The van der Waals surface area contributed by atoms with Gasteiger partial charge in [-0.1, -0.05) is 0 Å². The van der Waals surface area contributed by atoms with Crippen LogP contribution in [0.1, 0.15) is 6.42 Å². The average molecular weight is 130 g/mol. The number of hydrogen-bond donors (Lipinski definition) is 1. The molecule has 9 heavy (non-hydrogen) atoms. The van der Waals surface area contributed by atoms with Crippen LogP contribution in [-0.2, 0) is 4.79 Å². The fourth-order valence-electron chi connectivity index (χ4n) is 0.782. The van der Waals surface area contributed by atoms with Gasteiger partial charge in [0.2, 0.25) is 0 Å². The molecule has 1 aliphatic heterocycles. The molecule has 50 valence electrons. The van der Waals surface area contributed by atoms with Gasteiger partial charge in [-0.2, -0.15) is 0 Å². The standard InChI is InChI=1S/C4H6N2O3/c7-4-3(6(8)9)1-2-5-4/h3H,1-2H2,(H,5,7). The number of carbonyl (C=O) groups is 1. The van der Waals surface area contributed by atoms with Gasteiger partial charge < -0.3 is 5.32 Å². The van der Waals surface area contributed by atoms with Crippen LogP contribution in [0.3, 0.4) is 0 Å². The van der Waals surface area contributed by atoms with Gasteiger partial charge in [-0.05, 0) is 0 Å². The third-order valence-corrected chi connectivity index (χ3v) is 1.27. The largest absolute Gasteiger partial charge is 0.350 e. The second kappa shape index (κ2) is 2.00. The Kier molecular flexibility index (Phi) is 1.33. The van der Waals surface area contributed by atoms with Gasteiger partial charge in [0.15, 0.2) is 0 Å². The van der Waals surface area contributed by atoms with E-state index in [1.54, 1.807) is 0 Å². The molecule has 1 amide bonds. The Hall–Kier alpha value is -1.13. The lowest BCUT2D eigenvalue weighted by atomic mass is 10.3. The quantitative estimate of drug-likeness (QED) is 0.371. The Morgan fingerprint density at radius 1 is 1.78 bits per heavy atom. The minimum Gasteiger partial charge on any atom is -0.350 e. The predicted octanol–water partition coefficient (Wildman–Crippen LogP) is -0.848. The van der Waals surface area contributed by atoms with Crippen molar-refractivity contribution in [2.75, 3.05) is 6.54 Å². The molecule has 1 N–H and O–H groups in total. The van der Waals surface area contributed by atoms with Gasteiger partial charge in [-0.25, -0.2) is 0 Å². The number of amides is 1. The number of nitrogens with zero attached hydrogens (tertiary/aromatic N) is 1. The molecule has 5 heteroatoms. The summed E-state index contributed by atoms with van der Waals surface area (Å²) in [6, 6.07) is -0.995. The SMILES string of the molecule is O=C1NCCC1[N+](=O)[O-]. The van der Waals surface area contributed by atoms with Gasteiger partial charge in [0.1, 0.15) is 0 Å². The number of carbonyl (C=O) groups excluding carboxylic acids is 1. The molecule has 0 aromatic carbocycles. The van der Waals surface area contributed by atoms with E-state index in [2.05, 4.69) is 5.32 Å². The zero-order chi connectivity index (χ0) is 6.85. The molecule has 1 rings (SSSR count). The summed E-state index contributed by atoms with van der Waals surface area (Å²) in [5, 5.41) is 12.3. The van der Waals surface area contributed by atoms with E-state index >= 15 is 0 Å². The number of hydrogen-bond acceptors (Lipinski definition) is 3. The molecule has 0 aromatic rings. The molecule has 1 unspecified atom stereocenters. The summed E-state index contributed by atoms with van der Waals surface area (Å²) in [5.74, 6) is -0.458. The molecule has 0 bridgehead atoms. The van der Waals surface area contributed by atoms with Crippen LogP contribution < -0.4 is 5.32 Å². The summed E-state index contributed by atoms with van der Waals surface area (Å²) in [6.07, 6.45) is 0.325. The van der Waals surface area contributed by atoms with E-state index < -0.39 is 16.9 Å². The highest BCUT2D eigenvalue weighted by molar-refractivity contribution is 5.82. The third-order valence-electron chi connectivity index (χ3n) is 1.27. The summed E-state index contributed by atoms with van der Waals surface area (Å²) in [4.78, 5) is 19.9. The topological polar surface area (TPSA) is 72.2 Å². The predicted molar refractivity (Wildman–Crippen MR) is 28.4 cm³/mol. The fourth-order valence-corrected chi connectivity index (χ4v) is 0.782. The molecule has 0 radical (unpaired) electrons. The van der Waals surface area contributed by atoms with E-state index in [0.29, 0.717) is 13.0 Å². The van der Waals surface area contributed by atoms with E-state index in [0.717, 1.165) is 0 Å². The molecule has 1 heterocycles. The lowest BCUT2D eigenvalue weighted by Gasteiger charge is -1.93. The maximum atomic E-state index is 10.5. The zero-order valence-corrected chi connectivity index (χ0v) is 4.66. The van der Waals surface area contributed by atoms with Crippen LogP contribution in [0.5, 0.6) is 0 Å². The van der Waals surface area contributed by atoms with Crippen LogP contribution in [0.4, 0.5) is 0 Å². The van der Waals surface area contributed by atoms with Crippen molar-refractivity contribution in [2.45, 2.75) is 12.5 Å². The normalized spacial score (nSPS) is 25.8. The van der Waals surface area contributed by atoms with Crippen molar-refractivity contribution in [2.24, 2.45) is 0 Å². The van der Waals surface area contributed by atoms with Crippen molar-refractivity contribution in [3.05, 3.63) is 10.1 Å². The maximum Gasteiger partial charge on any atom is 0.294 e. The average Bonchev–Trinajstić information content (AvgIpc) is 2.13. The lowest BCUT2D eigenvalue weighted by Crippen LogP contribution is -2.29. The zero-order valence-electron chi connectivity index (χ0n) is 4.66. The number of rotatable bonds is 1. The maximum absolute atomic E-state index is 10.5. The second-order valence-electron chi connectivity index (χ2n) is 1.88. The molecule has 0 aliphatic carbocycles. The van der Waals surface area contributed by atoms with Crippen LogP contribution in [0.2, 0.25) is 0 Å². The van der Waals surface area contributed by atoms with Gasteiger partial charge in [0.05, 0.1) is 0 Å². The van der Waals surface area contributed by atoms with Crippen molar-refractivity contribution in [1.29, 1.82) is 0 Å². The van der Waals surface area contributed by atoms with E-state index in [1.807, 2.05) is 0 Å². The molecule has 1 fully saturated rings. The van der Waals surface area contributed by atoms with Gasteiger partial charge in [-0.15, -0.1) is 0 Å². The van der Waals surface area contributed by atoms with Crippen LogP contribution in [0.15, 0.2) is 0 Å². The monoisotopic (exact) mass is 130 g/mol. The minimum atomic E-state index is -0.995. The van der Waals surface area contributed by atoms with Crippen LogP contribution >= 0.6 is 0 Å². The summed E-state index contributed by atoms with van der Waals surface area (Å²) in [7, 11) is 0. The molecule has 1 atom stereocenters. The summed E-state index contributed by atoms with van der Waals surface area (Å²) in [6.45, 7) is 0.435. The highest BCUT2D eigenvalue weighted by Gasteiger charge is 2.33. The Morgan fingerprint density at radius 2 is 2.44 bits per heavy atom. The van der Waals surface area contributed by atoms with Gasteiger partial charge in [-0.3, -0.25) is 14.9 Å². The van der Waals surface area contributed by atoms with Crippen molar-refractivity contribution in [1.82, 2.24) is 5.32 Å². The van der Waals surface area contributed by atoms with E-state index in [4.69, 9.17) is 0 Å². The molecule has 1 saturated heterocycles.